The van der Waals surface area contributed by atoms with E-state index in [0.29, 0.717) is 22.4 Å². The average molecular weight is 329 g/mol. The van der Waals surface area contributed by atoms with Crippen LogP contribution in [0.3, 0.4) is 0 Å². The summed E-state index contributed by atoms with van der Waals surface area (Å²) in [6, 6.07) is 8.25. The molecule has 2 aromatic rings. The van der Waals surface area contributed by atoms with Crippen molar-refractivity contribution >= 4 is 15.9 Å². The van der Waals surface area contributed by atoms with Crippen molar-refractivity contribution in [2.75, 3.05) is 7.11 Å². The molecule has 19 heavy (non-hydrogen) atoms. The molecule has 0 amide bonds. The summed E-state index contributed by atoms with van der Waals surface area (Å²) < 4.78 is 25.0. The zero-order valence-corrected chi connectivity index (χ0v) is 11.9. The lowest BCUT2D eigenvalue weighted by Gasteiger charge is -2.14. The highest BCUT2D eigenvalue weighted by atomic mass is 79.9. The van der Waals surface area contributed by atoms with Crippen LogP contribution in [0.5, 0.6) is 5.75 Å². The number of furan rings is 1. The molecular formula is C13H14BrFN2O2. The van der Waals surface area contributed by atoms with Gasteiger partial charge in [0.1, 0.15) is 5.76 Å². The second-order valence-corrected chi connectivity index (χ2v) is 4.78. The SMILES string of the molecule is COc1cccc(CC(NN)c2ccc(Br)o2)c1F. The predicted octanol–water partition coefficient (Wildman–Crippen LogP) is 2.94. The summed E-state index contributed by atoms with van der Waals surface area (Å²) in [6.45, 7) is 0. The summed E-state index contributed by atoms with van der Waals surface area (Å²) in [5.74, 6) is 5.98. The molecule has 6 heteroatoms. The lowest BCUT2D eigenvalue weighted by molar-refractivity contribution is 0.376. The second kappa shape index (κ2) is 6.18. The van der Waals surface area contributed by atoms with E-state index in [0.717, 1.165) is 0 Å². The summed E-state index contributed by atoms with van der Waals surface area (Å²) >= 11 is 3.22. The molecule has 2 rings (SSSR count). The first kappa shape index (κ1) is 14.0. The van der Waals surface area contributed by atoms with Gasteiger partial charge in [0.2, 0.25) is 0 Å². The van der Waals surface area contributed by atoms with Crippen LogP contribution < -0.4 is 16.0 Å². The normalized spacial score (nSPS) is 12.4. The van der Waals surface area contributed by atoms with Gasteiger partial charge in [-0.3, -0.25) is 5.84 Å². The first-order valence-electron chi connectivity index (χ1n) is 5.68. The predicted molar refractivity (Wildman–Crippen MR) is 73.1 cm³/mol. The lowest BCUT2D eigenvalue weighted by Crippen LogP contribution is -2.29. The van der Waals surface area contributed by atoms with E-state index in [2.05, 4.69) is 21.4 Å². The molecule has 0 radical (unpaired) electrons. The number of halogens is 2. The van der Waals surface area contributed by atoms with E-state index < -0.39 is 0 Å². The Morgan fingerprint density at radius 1 is 1.42 bits per heavy atom. The molecule has 0 aliphatic carbocycles. The minimum Gasteiger partial charge on any atom is -0.494 e. The van der Waals surface area contributed by atoms with Gasteiger partial charge >= 0.3 is 0 Å². The molecule has 102 valence electrons. The van der Waals surface area contributed by atoms with E-state index in [9.17, 15) is 4.39 Å². The van der Waals surface area contributed by atoms with E-state index >= 15 is 0 Å². The van der Waals surface area contributed by atoms with E-state index in [1.165, 1.54) is 7.11 Å². The summed E-state index contributed by atoms with van der Waals surface area (Å²) in [7, 11) is 1.44. The highest BCUT2D eigenvalue weighted by Gasteiger charge is 2.18. The number of ether oxygens (including phenoxy) is 1. The van der Waals surface area contributed by atoms with E-state index in [1.54, 1.807) is 30.3 Å². The third-order valence-corrected chi connectivity index (χ3v) is 3.25. The summed E-state index contributed by atoms with van der Waals surface area (Å²) in [4.78, 5) is 0. The number of rotatable bonds is 5. The van der Waals surface area contributed by atoms with Gasteiger partial charge in [-0.1, -0.05) is 12.1 Å². The Morgan fingerprint density at radius 2 is 2.21 bits per heavy atom. The molecule has 0 aliphatic heterocycles. The van der Waals surface area contributed by atoms with Crippen LogP contribution in [0.4, 0.5) is 4.39 Å². The quantitative estimate of drug-likeness (QED) is 0.654. The summed E-state index contributed by atoms with van der Waals surface area (Å²) in [6.07, 6.45) is 0.361. The Bertz CT molecular complexity index is 559. The maximum Gasteiger partial charge on any atom is 0.169 e. The van der Waals surface area contributed by atoms with Gasteiger partial charge in [0, 0.05) is 0 Å². The number of nitrogens with two attached hydrogens (primary N) is 1. The van der Waals surface area contributed by atoms with Crippen LogP contribution in [0.25, 0.3) is 0 Å². The fourth-order valence-electron chi connectivity index (χ4n) is 1.85. The van der Waals surface area contributed by atoms with Crippen LogP contribution in [0.1, 0.15) is 17.4 Å². The maximum absolute atomic E-state index is 14.1. The smallest absolute Gasteiger partial charge is 0.169 e. The standard InChI is InChI=1S/C13H14BrFN2O2/c1-18-11-4-2-3-8(13(11)15)7-9(17-16)10-5-6-12(14)19-10/h2-6,9,17H,7,16H2,1H3. The van der Waals surface area contributed by atoms with Crippen LogP contribution in [0, 0.1) is 5.82 Å². The Labute approximate surface area is 118 Å². The molecular weight excluding hydrogens is 315 g/mol. The number of hydrogen-bond acceptors (Lipinski definition) is 4. The fourth-order valence-corrected chi connectivity index (χ4v) is 2.17. The fraction of sp³-hybridized carbons (Fsp3) is 0.231. The molecule has 1 aromatic heterocycles. The molecule has 3 N–H and O–H groups in total. The molecule has 0 spiro atoms. The monoisotopic (exact) mass is 328 g/mol. The van der Waals surface area contributed by atoms with E-state index in [-0.39, 0.29) is 17.6 Å². The summed E-state index contributed by atoms with van der Waals surface area (Å²) in [5.41, 5.74) is 3.13. The van der Waals surface area contributed by atoms with E-state index in [4.69, 9.17) is 15.0 Å². The number of methoxy groups -OCH3 is 1. The minimum absolute atomic E-state index is 0.217. The van der Waals surface area contributed by atoms with Crippen LogP contribution in [0.15, 0.2) is 39.4 Å². The van der Waals surface area contributed by atoms with Gasteiger partial charge in [-0.2, -0.15) is 0 Å². The molecule has 1 unspecified atom stereocenters. The van der Waals surface area contributed by atoms with Crippen molar-refractivity contribution in [3.05, 3.63) is 52.1 Å². The molecule has 0 saturated carbocycles. The van der Waals surface area contributed by atoms with Gasteiger partial charge in [-0.25, -0.2) is 9.82 Å². The minimum atomic E-state index is -0.379. The summed E-state index contributed by atoms with van der Waals surface area (Å²) in [5, 5.41) is 0. The molecule has 0 saturated heterocycles. The molecule has 0 fully saturated rings. The highest BCUT2D eigenvalue weighted by molar-refractivity contribution is 9.10. The third kappa shape index (κ3) is 3.15. The lowest BCUT2D eigenvalue weighted by atomic mass is 10.0. The molecule has 0 aliphatic rings. The Morgan fingerprint density at radius 3 is 2.79 bits per heavy atom. The van der Waals surface area contributed by atoms with Crippen LogP contribution in [-0.2, 0) is 6.42 Å². The van der Waals surface area contributed by atoms with Gasteiger partial charge in [0.25, 0.3) is 0 Å². The second-order valence-electron chi connectivity index (χ2n) is 4.00. The van der Waals surface area contributed by atoms with Gasteiger partial charge in [0.05, 0.1) is 13.2 Å². The highest BCUT2D eigenvalue weighted by Crippen LogP contribution is 2.26. The van der Waals surface area contributed by atoms with Crippen molar-refractivity contribution in [2.24, 2.45) is 5.84 Å². The van der Waals surface area contributed by atoms with Crippen molar-refractivity contribution in [3.8, 4) is 5.75 Å². The van der Waals surface area contributed by atoms with Crippen LogP contribution >= 0.6 is 15.9 Å². The van der Waals surface area contributed by atoms with Gasteiger partial charge in [0.15, 0.2) is 16.2 Å². The number of hydrogen-bond donors (Lipinski definition) is 2. The van der Waals surface area contributed by atoms with Crippen molar-refractivity contribution in [1.29, 1.82) is 0 Å². The first-order chi connectivity index (χ1) is 9.15. The number of benzene rings is 1. The zero-order chi connectivity index (χ0) is 13.8. The Hall–Kier alpha value is -1.37. The zero-order valence-electron chi connectivity index (χ0n) is 10.3. The molecule has 1 atom stereocenters. The van der Waals surface area contributed by atoms with Crippen LogP contribution in [0.2, 0.25) is 0 Å². The molecule has 4 nitrogen and oxygen atoms in total. The topological polar surface area (TPSA) is 60.4 Å². The van der Waals surface area contributed by atoms with Crippen molar-refractivity contribution < 1.29 is 13.5 Å². The average Bonchev–Trinajstić information content (AvgIpc) is 2.84. The Kier molecular flexibility index (Phi) is 4.57. The Balaban J connectivity index is 2.23. The van der Waals surface area contributed by atoms with E-state index in [1.807, 2.05) is 0 Å². The first-order valence-corrected chi connectivity index (χ1v) is 6.47. The van der Waals surface area contributed by atoms with Crippen molar-refractivity contribution in [1.82, 2.24) is 5.43 Å². The number of nitrogens with one attached hydrogen (secondary N) is 1. The maximum atomic E-state index is 14.1. The molecule has 1 aromatic carbocycles. The number of hydrazine groups is 1. The van der Waals surface area contributed by atoms with Gasteiger partial charge < -0.3 is 9.15 Å². The van der Waals surface area contributed by atoms with Gasteiger partial charge in [-0.15, -0.1) is 0 Å². The largest absolute Gasteiger partial charge is 0.494 e. The molecule has 0 bridgehead atoms. The third-order valence-electron chi connectivity index (χ3n) is 2.83. The van der Waals surface area contributed by atoms with Crippen LogP contribution in [-0.4, -0.2) is 7.11 Å². The molecule has 1 heterocycles. The van der Waals surface area contributed by atoms with Gasteiger partial charge in [-0.05, 0) is 46.1 Å². The van der Waals surface area contributed by atoms with Crippen molar-refractivity contribution in [2.45, 2.75) is 12.5 Å². The van der Waals surface area contributed by atoms with Crippen molar-refractivity contribution in [3.63, 3.8) is 0 Å².